The molecule has 17 heavy (non-hydrogen) atoms. The third kappa shape index (κ3) is 2.84. The molecule has 0 aliphatic carbocycles. The first-order chi connectivity index (χ1) is 8.22. The molecule has 2 heterocycles. The van der Waals surface area contributed by atoms with E-state index >= 15 is 0 Å². The zero-order valence-corrected chi connectivity index (χ0v) is 10.9. The Hall–Kier alpha value is -0.940. The van der Waals surface area contributed by atoms with Crippen LogP contribution in [0.2, 0.25) is 0 Å². The standard InChI is InChI=1S/C12H22N4O/c1-9(2)16-12(14-8-15-16)6-11(13-3)10-4-5-17-7-10/h8-11,13H,4-7H2,1-3H3. The van der Waals surface area contributed by atoms with E-state index in [0.717, 1.165) is 31.9 Å². The van der Waals surface area contributed by atoms with Crippen LogP contribution in [0, 0.1) is 5.92 Å². The van der Waals surface area contributed by atoms with Crippen molar-refractivity contribution >= 4 is 0 Å². The molecule has 2 rings (SSSR count). The summed E-state index contributed by atoms with van der Waals surface area (Å²) in [5, 5.41) is 7.66. The van der Waals surface area contributed by atoms with Gasteiger partial charge < -0.3 is 10.1 Å². The van der Waals surface area contributed by atoms with Gasteiger partial charge in [0.15, 0.2) is 0 Å². The monoisotopic (exact) mass is 238 g/mol. The van der Waals surface area contributed by atoms with Crippen molar-refractivity contribution in [2.45, 2.75) is 38.8 Å². The lowest BCUT2D eigenvalue weighted by Crippen LogP contribution is -2.37. The third-order valence-corrected chi connectivity index (χ3v) is 3.44. The molecular weight excluding hydrogens is 216 g/mol. The summed E-state index contributed by atoms with van der Waals surface area (Å²) < 4.78 is 7.45. The van der Waals surface area contributed by atoms with Gasteiger partial charge in [-0.15, -0.1) is 0 Å². The van der Waals surface area contributed by atoms with E-state index in [-0.39, 0.29) is 0 Å². The quantitative estimate of drug-likeness (QED) is 0.832. The van der Waals surface area contributed by atoms with Gasteiger partial charge in [0.1, 0.15) is 12.2 Å². The molecule has 1 aromatic heterocycles. The molecule has 5 nitrogen and oxygen atoms in total. The van der Waals surface area contributed by atoms with Gasteiger partial charge in [-0.1, -0.05) is 0 Å². The van der Waals surface area contributed by atoms with E-state index < -0.39 is 0 Å². The number of nitrogens with one attached hydrogen (secondary N) is 1. The highest BCUT2D eigenvalue weighted by Crippen LogP contribution is 2.19. The van der Waals surface area contributed by atoms with Crippen molar-refractivity contribution in [2.75, 3.05) is 20.3 Å². The van der Waals surface area contributed by atoms with Gasteiger partial charge in [0.25, 0.3) is 0 Å². The fourth-order valence-corrected chi connectivity index (χ4v) is 2.42. The van der Waals surface area contributed by atoms with Crippen molar-refractivity contribution in [2.24, 2.45) is 5.92 Å². The molecule has 0 bridgehead atoms. The summed E-state index contributed by atoms with van der Waals surface area (Å²) in [6.07, 6.45) is 3.71. The minimum Gasteiger partial charge on any atom is -0.381 e. The van der Waals surface area contributed by atoms with Gasteiger partial charge in [-0.05, 0) is 27.3 Å². The molecule has 0 spiro atoms. The van der Waals surface area contributed by atoms with Crippen LogP contribution in [0.3, 0.4) is 0 Å². The van der Waals surface area contributed by atoms with Crippen molar-refractivity contribution in [3.8, 4) is 0 Å². The van der Waals surface area contributed by atoms with E-state index in [9.17, 15) is 0 Å². The number of hydrogen-bond acceptors (Lipinski definition) is 4. The smallest absolute Gasteiger partial charge is 0.138 e. The highest BCUT2D eigenvalue weighted by molar-refractivity contribution is 4.93. The minimum atomic E-state index is 0.366. The fraction of sp³-hybridized carbons (Fsp3) is 0.833. The Morgan fingerprint density at radius 2 is 2.41 bits per heavy atom. The second kappa shape index (κ2) is 5.60. The predicted molar refractivity (Wildman–Crippen MR) is 65.9 cm³/mol. The van der Waals surface area contributed by atoms with Crippen molar-refractivity contribution in [1.29, 1.82) is 0 Å². The van der Waals surface area contributed by atoms with Gasteiger partial charge in [0.2, 0.25) is 0 Å². The van der Waals surface area contributed by atoms with Gasteiger partial charge in [0, 0.05) is 31.0 Å². The van der Waals surface area contributed by atoms with Crippen molar-refractivity contribution in [3.63, 3.8) is 0 Å². The lowest BCUT2D eigenvalue weighted by Gasteiger charge is -2.22. The second-order valence-electron chi connectivity index (χ2n) is 4.94. The molecule has 0 amide bonds. The number of rotatable bonds is 5. The van der Waals surface area contributed by atoms with Crippen molar-refractivity contribution in [1.82, 2.24) is 20.1 Å². The van der Waals surface area contributed by atoms with Crippen LogP contribution in [-0.4, -0.2) is 41.1 Å². The summed E-state index contributed by atoms with van der Waals surface area (Å²) in [7, 11) is 2.01. The van der Waals surface area contributed by atoms with Crippen molar-refractivity contribution < 1.29 is 4.74 Å². The Balaban J connectivity index is 2.04. The molecule has 0 aromatic carbocycles. The van der Waals surface area contributed by atoms with Gasteiger partial charge >= 0.3 is 0 Å². The average Bonchev–Trinajstić information content (AvgIpc) is 2.96. The van der Waals surface area contributed by atoms with Crippen LogP contribution in [0.1, 0.15) is 32.1 Å². The molecule has 5 heteroatoms. The van der Waals surface area contributed by atoms with E-state index in [1.165, 1.54) is 0 Å². The van der Waals surface area contributed by atoms with Crippen LogP contribution >= 0.6 is 0 Å². The molecule has 0 saturated carbocycles. The van der Waals surface area contributed by atoms with Gasteiger partial charge in [-0.3, -0.25) is 0 Å². The SMILES string of the molecule is CNC(Cc1ncnn1C(C)C)C1CCOC1. The van der Waals surface area contributed by atoms with E-state index in [4.69, 9.17) is 4.74 Å². The van der Waals surface area contributed by atoms with E-state index in [1.807, 2.05) is 11.7 Å². The lowest BCUT2D eigenvalue weighted by molar-refractivity contribution is 0.177. The molecule has 1 N–H and O–H groups in total. The molecule has 1 aromatic rings. The molecule has 1 aliphatic heterocycles. The summed E-state index contributed by atoms with van der Waals surface area (Å²) in [5.41, 5.74) is 0. The van der Waals surface area contributed by atoms with Crippen LogP contribution in [0.15, 0.2) is 6.33 Å². The first-order valence-electron chi connectivity index (χ1n) is 6.35. The van der Waals surface area contributed by atoms with Crippen LogP contribution in [0.5, 0.6) is 0 Å². The van der Waals surface area contributed by atoms with Crippen LogP contribution in [0.25, 0.3) is 0 Å². The second-order valence-corrected chi connectivity index (χ2v) is 4.94. The molecule has 2 atom stereocenters. The highest BCUT2D eigenvalue weighted by atomic mass is 16.5. The summed E-state index contributed by atoms with van der Waals surface area (Å²) >= 11 is 0. The molecular formula is C12H22N4O. The molecule has 1 saturated heterocycles. The number of ether oxygens (including phenoxy) is 1. The largest absolute Gasteiger partial charge is 0.381 e. The third-order valence-electron chi connectivity index (χ3n) is 3.44. The van der Waals surface area contributed by atoms with E-state index in [2.05, 4.69) is 29.2 Å². The Kier molecular flexibility index (Phi) is 4.12. The van der Waals surface area contributed by atoms with Gasteiger partial charge in [0.05, 0.1) is 6.61 Å². The van der Waals surface area contributed by atoms with Gasteiger partial charge in [-0.2, -0.15) is 5.10 Å². The topological polar surface area (TPSA) is 52.0 Å². The maximum Gasteiger partial charge on any atom is 0.138 e. The molecule has 1 aliphatic rings. The molecule has 1 fully saturated rings. The van der Waals surface area contributed by atoms with Crippen LogP contribution < -0.4 is 5.32 Å². The normalized spacial score (nSPS) is 22.2. The van der Waals surface area contributed by atoms with Gasteiger partial charge in [-0.25, -0.2) is 9.67 Å². The summed E-state index contributed by atoms with van der Waals surface area (Å²) in [6.45, 7) is 6.01. The Labute approximate surface area is 103 Å². The fourth-order valence-electron chi connectivity index (χ4n) is 2.42. The summed E-state index contributed by atoms with van der Waals surface area (Å²) in [4.78, 5) is 4.37. The van der Waals surface area contributed by atoms with Crippen LogP contribution in [-0.2, 0) is 11.2 Å². The zero-order valence-electron chi connectivity index (χ0n) is 10.9. The Bertz CT molecular complexity index is 344. The Morgan fingerprint density at radius 3 is 3.00 bits per heavy atom. The molecule has 96 valence electrons. The summed E-state index contributed by atoms with van der Waals surface area (Å²) in [5.74, 6) is 1.66. The zero-order chi connectivity index (χ0) is 12.3. The minimum absolute atomic E-state index is 0.366. The van der Waals surface area contributed by atoms with E-state index in [1.54, 1.807) is 6.33 Å². The maximum absolute atomic E-state index is 5.45. The molecule has 0 radical (unpaired) electrons. The lowest BCUT2D eigenvalue weighted by atomic mass is 9.96. The van der Waals surface area contributed by atoms with E-state index in [0.29, 0.717) is 18.0 Å². The highest BCUT2D eigenvalue weighted by Gasteiger charge is 2.26. The first-order valence-corrected chi connectivity index (χ1v) is 6.35. The Morgan fingerprint density at radius 1 is 1.59 bits per heavy atom. The first kappa shape index (κ1) is 12.5. The number of nitrogens with zero attached hydrogens (tertiary/aromatic N) is 3. The van der Waals surface area contributed by atoms with Crippen molar-refractivity contribution in [3.05, 3.63) is 12.2 Å². The predicted octanol–water partition coefficient (Wildman–Crippen LogP) is 1.03. The van der Waals surface area contributed by atoms with Crippen LogP contribution in [0.4, 0.5) is 0 Å². The number of hydrogen-bond donors (Lipinski definition) is 1. The number of aromatic nitrogens is 3. The molecule has 2 unspecified atom stereocenters. The number of likely N-dealkylation sites (N-methyl/N-ethyl adjacent to an activating group) is 1. The average molecular weight is 238 g/mol. The maximum atomic E-state index is 5.45. The summed E-state index contributed by atoms with van der Waals surface area (Å²) in [6, 6.07) is 0.795.